The Labute approximate surface area is 105 Å². The second kappa shape index (κ2) is 4.51. The monoisotopic (exact) mass is 245 g/mol. The van der Waals surface area contributed by atoms with Crippen LogP contribution in [-0.4, -0.2) is 13.7 Å². The smallest absolute Gasteiger partial charge is 0.127 e. The number of fused-ring (bicyclic) bond motifs is 1. The summed E-state index contributed by atoms with van der Waals surface area (Å²) in [6.45, 7) is 2.02. The van der Waals surface area contributed by atoms with E-state index < -0.39 is 0 Å². The molecule has 0 saturated carbocycles. The van der Waals surface area contributed by atoms with Gasteiger partial charge in [0.25, 0.3) is 0 Å². The van der Waals surface area contributed by atoms with E-state index in [2.05, 4.69) is 35.0 Å². The Morgan fingerprint density at radius 2 is 2.24 bits per heavy atom. The van der Waals surface area contributed by atoms with E-state index in [1.165, 1.54) is 21.6 Å². The third-order valence-corrected chi connectivity index (χ3v) is 4.11. The van der Waals surface area contributed by atoms with Crippen LogP contribution in [0.5, 0.6) is 5.75 Å². The number of methoxy groups -OCH3 is 1. The molecule has 1 aliphatic rings. The topological polar surface area (TPSA) is 21.3 Å². The third kappa shape index (κ3) is 1.85. The number of nitrogens with one attached hydrogen (secondary N) is 1. The fourth-order valence-corrected chi connectivity index (χ4v) is 3.22. The molecule has 2 nitrogen and oxygen atoms in total. The molecule has 0 atom stereocenters. The van der Waals surface area contributed by atoms with Gasteiger partial charge in [-0.3, -0.25) is 0 Å². The zero-order valence-electron chi connectivity index (χ0n) is 9.82. The molecule has 1 N–H and O–H groups in total. The number of ether oxygens (including phenoxy) is 1. The van der Waals surface area contributed by atoms with Crippen LogP contribution >= 0.6 is 11.3 Å². The molecule has 2 heterocycles. The van der Waals surface area contributed by atoms with Gasteiger partial charge in [-0.15, -0.1) is 11.3 Å². The maximum atomic E-state index is 5.52. The summed E-state index contributed by atoms with van der Waals surface area (Å²) in [4.78, 5) is 1.31. The summed E-state index contributed by atoms with van der Waals surface area (Å²) in [6.07, 6.45) is 1.08. The van der Waals surface area contributed by atoms with Crippen molar-refractivity contribution in [3.05, 3.63) is 40.8 Å². The van der Waals surface area contributed by atoms with Gasteiger partial charge in [-0.25, -0.2) is 0 Å². The van der Waals surface area contributed by atoms with Crippen molar-refractivity contribution in [3.8, 4) is 16.2 Å². The molecule has 17 heavy (non-hydrogen) atoms. The maximum absolute atomic E-state index is 5.52. The quantitative estimate of drug-likeness (QED) is 0.878. The van der Waals surface area contributed by atoms with Crippen LogP contribution < -0.4 is 10.1 Å². The summed E-state index contributed by atoms with van der Waals surface area (Å²) in [5.74, 6) is 0.994. The Hall–Kier alpha value is -1.32. The van der Waals surface area contributed by atoms with E-state index in [9.17, 15) is 0 Å². The second-order valence-electron chi connectivity index (χ2n) is 4.18. The van der Waals surface area contributed by atoms with Gasteiger partial charge in [-0.2, -0.15) is 0 Å². The lowest BCUT2D eigenvalue weighted by Gasteiger charge is -2.21. The van der Waals surface area contributed by atoms with Gasteiger partial charge < -0.3 is 10.1 Å². The zero-order chi connectivity index (χ0) is 11.7. The van der Waals surface area contributed by atoms with E-state index in [0.717, 1.165) is 25.3 Å². The Bertz CT molecular complexity index is 519. The summed E-state index contributed by atoms with van der Waals surface area (Å²) in [7, 11) is 1.75. The van der Waals surface area contributed by atoms with Crippen LogP contribution in [0, 0.1) is 0 Å². The molecular weight excluding hydrogens is 230 g/mol. The molecule has 0 spiro atoms. The van der Waals surface area contributed by atoms with Crippen molar-refractivity contribution in [2.24, 2.45) is 0 Å². The van der Waals surface area contributed by atoms with Gasteiger partial charge in [-0.05, 0) is 41.6 Å². The van der Waals surface area contributed by atoms with Crippen molar-refractivity contribution in [2.45, 2.75) is 13.0 Å². The molecule has 88 valence electrons. The average Bonchev–Trinajstić information content (AvgIpc) is 2.91. The highest BCUT2D eigenvalue weighted by Crippen LogP contribution is 2.38. The molecule has 3 heteroatoms. The minimum Gasteiger partial charge on any atom is -0.496 e. The van der Waals surface area contributed by atoms with E-state index in [1.807, 2.05) is 0 Å². The Morgan fingerprint density at radius 1 is 1.29 bits per heavy atom. The summed E-state index contributed by atoms with van der Waals surface area (Å²) in [5, 5.41) is 5.53. The number of thiophene rings is 1. The predicted octanol–water partition coefficient (Wildman–Crippen LogP) is 3.07. The molecular formula is C14H15NOS. The highest BCUT2D eigenvalue weighted by Gasteiger charge is 2.18. The molecule has 0 fully saturated rings. The van der Waals surface area contributed by atoms with Gasteiger partial charge in [-0.1, -0.05) is 12.1 Å². The first-order valence-corrected chi connectivity index (χ1v) is 6.71. The summed E-state index contributed by atoms with van der Waals surface area (Å²) >= 11 is 1.78. The first-order chi connectivity index (χ1) is 8.40. The van der Waals surface area contributed by atoms with Crippen molar-refractivity contribution in [3.63, 3.8) is 0 Å². The van der Waals surface area contributed by atoms with Gasteiger partial charge >= 0.3 is 0 Å². The number of rotatable bonds is 2. The molecule has 0 amide bonds. The SMILES string of the molecule is COc1ccc2c(c1-c1cccs1)CCNC2. The van der Waals surface area contributed by atoms with Crippen molar-refractivity contribution >= 4 is 11.3 Å². The van der Waals surface area contributed by atoms with Crippen LogP contribution in [0.25, 0.3) is 10.4 Å². The number of hydrogen-bond donors (Lipinski definition) is 1. The van der Waals surface area contributed by atoms with Gasteiger partial charge in [0.05, 0.1) is 7.11 Å². The standard InChI is InChI=1S/C14H15NOS/c1-16-12-5-4-10-9-15-7-6-11(10)14(12)13-3-2-8-17-13/h2-5,8,15H,6-7,9H2,1H3. The van der Waals surface area contributed by atoms with E-state index in [-0.39, 0.29) is 0 Å². The van der Waals surface area contributed by atoms with E-state index in [0.29, 0.717) is 0 Å². The van der Waals surface area contributed by atoms with Gasteiger partial charge in [0.2, 0.25) is 0 Å². The second-order valence-corrected chi connectivity index (χ2v) is 5.13. The Kier molecular flexibility index (Phi) is 2.87. The van der Waals surface area contributed by atoms with Gasteiger partial charge in [0.1, 0.15) is 5.75 Å². The fourth-order valence-electron chi connectivity index (χ4n) is 2.42. The van der Waals surface area contributed by atoms with E-state index >= 15 is 0 Å². The Balaban J connectivity index is 2.22. The lowest BCUT2D eigenvalue weighted by Crippen LogP contribution is -2.24. The van der Waals surface area contributed by atoms with Crippen molar-refractivity contribution in [1.29, 1.82) is 0 Å². The summed E-state index contributed by atoms with van der Waals surface area (Å²) in [5.41, 5.74) is 4.15. The van der Waals surface area contributed by atoms with Gasteiger partial charge in [0, 0.05) is 17.0 Å². The first-order valence-electron chi connectivity index (χ1n) is 5.83. The van der Waals surface area contributed by atoms with Crippen molar-refractivity contribution < 1.29 is 4.74 Å². The molecule has 0 saturated heterocycles. The zero-order valence-corrected chi connectivity index (χ0v) is 10.6. The molecule has 0 radical (unpaired) electrons. The number of benzene rings is 1. The Morgan fingerprint density at radius 3 is 3.00 bits per heavy atom. The van der Waals surface area contributed by atoms with Crippen LogP contribution in [0.1, 0.15) is 11.1 Å². The minimum absolute atomic E-state index is 0.970. The highest BCUT2D eigenvalue weighted by atomic mass is 32.1. The van der Waals surface area contributed by atoms with Crippen molar-refractivity contribution in [2.75, 3.05) is 13.7 Å². The molecule has 0 unspecified atom stereocenters. The maximum Gasteiger partial charge on any atom is 0.127 e. The molecule has 0 aliphatic carbocycles. The third-order valence-electron chi connectivity index (χ3n) is 3.23. The van der Waals surface area contributed by atoms with Crippen LogP contribution in [0.15, 0.2) is 29.6 Å². The summed E-state index contributed by atoms with van der Waals surface area (Å²) < 4.78 is 5.52. The molecule has 3 rings (SSSR count). The predicted molar refractivity (Wildman–Crippen MR) is 71.7 cm³/mol. The largest absolute Gasteiger partial charge is 0.496 e. The molecule has 1 aliphatic heterocycles. The normalized spacial score (nSPS) is 14.4. The fraction of sp³-hybridized carbons (Fsp3) is 0.286. The molecule has 1 aromatic heterocycles. The number of hydrogen-bond acceptors (Lipinski definition) is 3. The minimum atomic E-state index is 0.970. The van der Waals surface area contributed by atoms with Crippen LogP contribution in [-0.2, 0) is 13.0 Å². The highest BCUT2D eigenvalue weighted by molar-refractivity contribution is 7.13. The van der Waals surface area contributed by atoms with Gasteiger partial charge in [0.15, 0.2) is 0 Å². The molecule has 1 aromatic carbocycles. The molecule has 2 aromatic rings. The van der Waals surface area contributed by atoms with E-state index in [4.69, 9.17) is 4.74 Å². The molecule has 0 bridgehead atoms. The van der Waals surface area contributed by atoms with Crippen LogP contribution in [0.4, 0.5) is 0 Å². The average molecular weight is 245 g/mol. The lowest BCUT2D eigenvalue weighted by atomic mass is 9.94. The first kappa shape index (κ1) is 10.8. The van der Waals surface area contributed by atoms with Crippen LogP contribution in [0.2, 0.25) is 0 Å². The summed E-state index contributed by atoms with van der Waals surface area (Å²) in [6, 6.07) is 8.53. The van der Waals surface area contributed by atoms with Crippen molar-refractivity contribution in [1.82, 2.24) is 5.32 Å². The van der Waals surface area contributed by atoms with E-state index in [1.54, 1.807) is 18.4 Å². The van der Waals surface area contributed by atoms with Crippen LogP contribution in [0.3, 0.4) is 0 Å². The lowest BCUT2D eigenvalue weighted by molar-refractivity contribution is 0.415.